The van der Waals surface area contributed by atoms with Crippen molar-refractivity contribution < 1.29 is 9.53 Å². The first kappa shape index (κ1) is 15.8. The van der Waals surface area contributed by atoms with Crippen molar-refractivity contribution in [2.24, 2.45) is 0 Å². The van der Waals surface area contributed by atoms with Crippen molar-refractivity contribution in [3.63, 3.8) is 0 Å². The Hall–Kier alpha value is -0.560. The van der Waals surface area contributed by atoms with Crippen molar-refractivity contribution in [1.82, 2.24) is 10.6 Å². The molecule has 1 aromatic rings. The summed E-state index contributed by atoms with van der Waals surface area (Å²) in [6.45, 7) is 5.26. The molecule has 1 aliphatic rings. The van der Waals surface area contributed by atoms with Crippen molar-refractivity contribution in [3.8, 4) is 0 Å². The molecule has 4 nitrogen and oxygen atoms in total. The smallest absolute Gasteiger partial charge is 0.236 e. The third kappa shape index (κ3) is 3.97. The molecule has 20 heavy (non-hydrogen) atoms. The predicted molar refractivity (Wildman–Crippen MR) is 84.5 cm³/mol. The Morgan fingerprint density at radius 3 is 3.15 bits per heavy atom. The van der Waals surface area contributed by atoms with Crippen LogP contribution in [0.15, 0.2) is 15.7 Å². The Bertz CT molecular complexity index is 450. The number of thioether (sulfide) groups is 1. The molecular weight excluding hydrogens is 292 g/mol. The molecule has 0 saturated carbocycles. The number of amides is 1. The molecule has 0 aromatic carbocycles. The summed E-state index contributed by atoms with van der Waals surface area (Å²) in [6.07, 6.45) is 1.06. The second kappa shape index (κ2) is 7.45. The fourth-order valence-corrected chi connectivity index (χ4v) is 4.88. The van der Waals surface area contributed by atoms with E-state index in [9.17, 15) is 4.79 Å². The molecular formula is C14H22N2O2S2. The third-order valence-corrected chi connectivity index (χ3v) is 5.70. The molecule has 6 heteroatoms. The maximum Gasteiger partial charge on any atom is 0.236 e. The molecule has 3 atom stereocenters. The number of hydrogen-bond donors (Lipinski definition) is 2. The lowest BCUT2D eigenvalue weighted by Gasteiger charge is -2.29. The second-order valence-electron chi connectivity index (χ2n) is 5.05. The molecule has 2 unspecified atom stereocenters. The quantitative estimate of drug-likeness (QED) is 0.792. The van der Waals surface area contributed by atoms with Crippen molar-refractivity contribution in [1.29, 1.82) is 0 Å². The van der Waals surface area contributed by atoms with Crippen LogP contribution < -0.4 is 10.6 Å². The summed E-state index contributed by atoms with van der Waals surface area (Å²) in [7, 11) is 1.63. The van der Waals surface area contributed by atoms with Gasteiger partial charge in [0, 0.05) is 24.9 Å². The van der Waals surface area contributed by atoms with Gasteiger partial charge in [0.2, 0.25) is 5.91 Å². The van der Waals surface area contributed by atoms with E-state index in [0.29, 0.717) is 18.4 Å². The van der Waals surface area contributed by atoms with E-state index in [1.54, 1.807) is 18.4 Å². The number of nitrogens with one attached hydrogen (secondary N) is 2. The minimum atomic E-state index is -0.195. The molecule has 2 rings (SSSR count). The lowest BCUT2D eigenvalue weighted by molar-refractivity contribution is -0.123. The first-order valence-electron chi connectivity index (χ1n) is 6.88. The normalized spacial score (nSPS) is 23.1. The number of methoxy groups -OCH3 is 1. The first-order valence-corrected chi connectivity index (χ1v) is 8.64. The lowest BCUT2D eigenvalue weighted by atomic mass is 10.0. The Kier molecular flexibility index (Phi) is 5.89. The summed E-state index contributed by atoms with van der Waals surface area (Å²) in [6, 6.07) is 2.25. The molecule has 0 fully saturated rings. The van der Waals surface area contributed by atoms with Gasteiger partial charge in [0.25, 0.3) is 0 Å². The molecule has 0 radical (unpaired) electrons. The van der Waals surface area contributed by atoms with Gasteiger partial charge in [0.05, 0.1) is 16.9 Å². The molecule has 1 aromatic heterocycles. The Morgan fingerprint density at radius 2 is 2.40 bits per heavy atom. The number of rotatable bonds is 6. The summed E-state index contributed by atoms with van der Waals surface area (Å²) in [5, 5.41) is 9.05. The lowest BCUT2D eigenvalue weighted by Crippen LogP contribution is -2.45. The van der Waals surface area contributed by atoms with Crippen LogP contribution in [0.2, 0.25) is 0 Å². The zero-order chi connectivity index (χ0) is 14.5. The highest BCUT2D eigenvalue weighted by Crippen LogP contribution is 2.43. The summed E-state index contributed by atoms with van der Waals surface area (Å²) in [5.41, 5.74) is 1.34. The van der Waals surface area contributed by atoms with Crippen LogP contribution in [0.3, 0.4) is 0 Å². The first-order chi connectivity index (χ1) is 9.61. The summed E-state index contributed by atoms with van der Waals surface area (Å²) in [5.74, 6) is 0.0321. The van der Waals surface area contributed by atoms with Crippen LogP contribution in [0, 0.1) is 0 Å². The van der Waals surface area contributed by atoms with E-state index in [1.165, 1.54) is 9.77 Å². The van der Waals surface area contributed by atoms with E-state index < -0.39 is 0 Å². The van der Waals surface area contributed by atoms with Gasteiger partial charge < -0.3 is 10.1 Å². The third-order valence-electron chi connectivity index (χ3n) is 3.36. The van der Waals surface area contributed by atoms with Gasteiger partial charge in [-0.3, -0.25) is 10.1 Å². The van der Waals surface area contributed by atoms with Crippen LogP contribution in [0.1, 0.15) is 31.9 Å². The zero-order valence-electron chi connectivity index (χ0n) is 12.1. The molecule has 0 aliphatic carbocycles. The predicted octanol–water partition coefficient (Wildman–Crippen LogP) is 2.41. The number of hydrogen-bond acceptors (Lipinski definition) is 5. The Labute approximate surface area is 128 Å². The highest BCUT2D eigenvalue weighted by Gasteiger charge is 2.28. The molecule has 0 spiro atoms. The average molecular weight is 314 g/mol. The molecule has 112 valence electrons. The maximum atomic E-state index is 12.0. The van der Waals surface area contributed by atoms with Crippen molar-refractivity contribution in [2.75, 3.05) is 20.3 Å². The Morgan fingerprint density at radius 1 is 1.60 bits per heavy atom. The van der Waals surface area contributed by atoms with Crippen LogP contribution in [0.4, 0.5) is 0 Å². The van der Waals surface area contributed by atoms with Gasteiger partial charge in [-0.25, -0.2) is 0 Å². The number of carbonyl (C=O) groups excluding carboxylic acids is 1. The molecule has 1 aliphatic heterocycles. The molecule has 2 N–H and O–H groups in total. The highest BCUT2D eigenvalue weighted by atomic mass is 32.2. The van der Waals surface area contributed by atoms with Crippen LogP contribution in [-0.4, -0.2) is 37.5 Å². The van der Waals surface area contributed by atoms with E-state index in [4.69, 9.17) is 4.74 Å². The number of carbonyl (C=O) groups is 1. The van der Waals surface area contributed by atoms with Crippen LogP contribution in [0.25, 0.3) is 0 Å². The van der Waals surface area contributed by atoms with Gasteiger partial charge in [-0.05, 0) is 30.4 Å². The molecule has 1 amide bonds. The van der Waals surface area contributed by atoms with E-state index in [1.807, 2.05) is 18.7 Å². The standard InChI is InChI=1S/C14H22N2O2S2/c1-9-8-12(11-4-7-19-14(11)20-9)16-10(2)13(17)15-5-6-18-3/h4,7,9-10,12,16H,5-6,8H2,1-3H3,(H,15,17)/t9-,10?,12?/m0/s1. The number of ether oxygens (including phenoxy) is 1. The molecule has 0 bridgehead atoms. The Balaban J connectivity index is 1.91. The fraction of sp³-hybridized carbons (Fsp3) is 0.643. The van der Waals surface area contributed by atoms with E-state index in [-0.39, 0.29) is 18.0 Å². The van der Waals surface area contributed by atoms with E-state index >= 15 is 0 Å². The largest absolute Gasteiger partial charge is 0.383 e. The molecule has 0 saturated heterocycles. The van der Waals surface area contributed by atoms with Crippen LogP contribution in [-0.2, 0) is 9.53 Å². The van der Waals surface area contributed by atoms with Crippen LogP contribution >= 0.6 is 23.1 Å². The SMILES string of the molecule is COCCNC(=O)C(C)NC1C[C@H](C)Sc2sccc21. The summed E-state index contributed by atoms with van der Waals surface area (Å²) < 4.78 is 6.32. The van der Waals surface area contributed by atoms with Crippen molar-refractivity contribution in [3.05, 3.63) is 17.0 Å². The monoisotopic (exact) mass is 314 g/mol. The van der Waals surface area contributed by atoms with Crippen molar-refractivity contribution >= 4 is 29.0 Å². The zero-order valence-corrected chi connectivity index (χ0v) is 13.8. The maximum absolute atomic E-state index is 12.0. The van der Waals surface area contributed by atoms with Gasteiger partial charge in [-0.2, -0.15) is 0 Å². The van der Waals surface area contributed by atoms with Crippen molar-refractivity contribution in [2.45, 2.75) is 41.8 Å². The van der Waals surface area contributed by atoms with Gasteiger partial charge in [0.15, 0.2) is 0 Å². The summed E-state index contributed by atoms with van der Waals surface area (Å²) >= 11 is 3.73. The van der Waals surface area contributed by atoms with Gasteiger partial charge in [-0.1, -0.05) is 6.92 Å². The fourth-order valence-electron chi connectivity index (χ4n) is 2.31. The topological polar surface area (TPSA) is 50.4 Å². The second-order valence-corrected chi connectivity index (χ2v) is 7.68. The van der Waals surface area contributed by atoms with Gasteiger partial charge in [0.1, 0.15) is 0 Å². The van der Waals surface area contributed by atoms with E-state index in [0.717, 1.165) is 6.42 Å². The number of fused-ring (bicyclic) bond motifs is 1. The molecule has 2 heterocycles. The van der Waals surface area contributed by atoms with Gasteiger partial charge >= 0.3 is 0 Å². The van der Waals surface area contributed by atoms with Gasteiger partial charge in [-0.15, -0.1) is 23.1 Å². The minimum absolute atomic E-state index is 0.0321. The number of thiophene rings is 1. The summed E-state index contributed by atoms with van der Waals surface area (Å²) in [4.78, 5) is 12.0. The average Bonchev–Trinajstić information content (AvgIpc) is 2.86. The highest BCUT2D eigenvalue weighted by molar-refractivity contribution is 8.01. The van der Waals surface area contributed by atoms with Crippen LogP contribution in [0.5, 0.6) is 0 Å². The minimum Gasteiger partial charge on any atom is -0.383 e. The van der Waals surface area contributed by atoms with E-state index in [2.05, 4.69) is 29.0 Å².